The molecule has 1 aromatic heterocycles. The topological polar surface area (TPSA) is 79.4 Å². The minimum Gasteiger partial charge on any atom is -0.351 e. The van der Waals surface area contributed by atoms with Gasteiger partial charge >= 0.3 is 0 Å². The van der Waals surface area contributed by atoms with Crippen molar-refractivity contribution in [2.45, 2.75) is 0 Å². The third kappa shape index (κ3) is 4.27. The number of carbonyl (C=O) groups is 1. The van der Waals surface area contributed by atoms with Gasteiger partial charge in [-0.05, 0) is 46.9 Å². The molecule has 0 spiro atoms. The average Bonchev–Trinajstić information content (AvgIpc) is 2.57. The molecule has 6 nitrogen and oxygen atoms in total. The molecule has 2 aromatic rings. The number of anilines is 2. The molecule has 1 aliphatic rings. The second-order valence-electron chi connectivity index (χ2n) is 5.61. The van der Waals surface area contributed by atoms with E-state index in [-0.39, 0.29) is 36.2 Å². The van der Waals surface area contributed by atoms with E-state index in [0.29, 0.717) is 11.3 Å². The molecule has 1 aromatic carbocycles. The lowest BCUT2D eigenvalue weighted by Crippen LogP contribution is -2.43. The summed E-state index contributed by atoms with van der Waals surface area (Å²) in [7, 11) is -3.07. The first-order valence-corrected chi connectivity index (χ1v) is 10.4. The van der Waals surface area contributed by atoms with Crippen LogP contribution < -0.4 is 5.32 Å². The van der Waals surface area contributed by atoms with Gasteiger partial charge in [-0.25, -0.2) is 12.8 Å². The van der Waals surface area contributed by atoms with E-state index in [2.05, 4.69) is 10.3 Å². The maximum Gasteiger partial charge on any atom is 0.256 e. The molecular formula is C16H15FIN3O3S. The molecule has 0 aliphatic carbocycles. The van der Waals surface area contributed by atoms with Gasteiger partial charge in [-0.1, -0.05) is 0 Å². The highest BCUT2D eigenvalue weighted by Crippen LogP contribution is 2.25. The Morgan fingerprint density at radius 3 is 2.60 bits per heavy atom. The highest BCUT2D eigenvalue weighted by molar-refractivity contribution is 14.1. The number of carbonyl (C=O) groups excluding carboxylic acids is 1. The van der Waals surface area contributed by atoms with Crippen LogP contribution in [-0.4, -0.2) is 48.8 Å². The standard InChI is InChI=1S/C16H15FIN3O3S/c17-13-9-11(18)1-2-14(13)20-15-10-19-4-3-12(15)16(22)21-5-7-25(23,24)8-6-21/h1-4,9-10,20H,5-8H2. The Balaban J connectivity index is 1.84. The number of halogens is 2. The monoisotopic (exact) mass is 475 g/mol. The van der Waals surface area contributed by atoms with E-state index in [4.69, 9.17) is 0 Å². The van der Waals surface area contributed by atoms with E-state index in [9.17, 15) is 17.6 Å². The second kappa shape index (κ2) is 7.24. The second-order valence-corrected chi connectivity index (χ2v) is 9.16. The van der Waals surface area contributed by atoms with Crippen molar-refractivity contribution in [3.05, 3.63) is 51.6 Å². The van der Waals surface area contributed by atoms with Crippen molar-refractivity contribution in [1.29, 1.82) is 0 Å². The highest BCUT2D eigenvalue weighted by atomic mass is 127. The molecule has 0 bridgehead atoms. The van der Waals surface area contributed by atoms with Crippen molar-refractivity contribution in [1.82, 2.24) is 9.88 Å². The number of hydrogen-bond acceptors (Lipinski definition) is 5. The first kappa shape index (κ1) is 18.1. The van der Waals surface area contributed by atoms with Crippen molar-refractivity contribution in [3.8, 4) is 0 Å². The summed E-state index contributed by atoms with van der Waals surface area (Å²) in [5, 5.41) is 2.90. The molecule has 0 unspecified atom stereocenters. The molecule has 132 valence electrons. The fourth-order valence-electron chi connectivity index (χ4n) is 2.50. The molecule has 0 radical (unpaired) electrons. The Kier molecular flexibility index (Phi) is 5.23. The molecule has 25 heavy (non-hydrogen) atoms. The van der Waals surface area contributed by atoms with Crippen LogP contribution in [0.25, 0.3) is 0 Å². The number of nitrogens with one attached hydrogen (secondary N) is 1. The average molecular weight is 475 g/mol. The smallest absolute Gasteiger partial charge is 0.256 e. The van der Waals surface area contributed by atoms with E-state index < -0.39 is 15.7 Å². The Labute approximate surface area is 158 Å². The van der Waals surface area contributed by atoms with E-state index in [1.54, 1.807) is 18.2 Å². The number of hydrogen-bond donors (Lipinski definition) is 1. The zero-order valence-electron chi connectivity index (χ0n) is 13.1. The van der Waals surface area contributed by atoms with Crippen LogP contribution in [-0.2, 0) is 9.84 Å². The quantitative estimate of drug-likeness (QED) is 0.691. The van der Waals surface area contributed by atoms with Crippen molar-refractivity contribution < 1.29 is 17.6 Å². The third-order valence-electron chi connectivity index (χ3n) is 3.88. The van der Waals surface area contributed by atoms with Crippen LogP contribution in [0.4, 0.5) is 15.8 Å². The minimum absolute atomic E-state index is 0.0433. The first-order valence-electron chi connectivity index (χ1n) is 7.51. The predicted molar refractivity (Wildman–Crippen MR) is 101 cm³/mol. The number of rotatable bonds is 3. The van der Waals surface area contributed by atoms with E-state index in [1.165, 1.54) is 23.4 Å². The van der Waals surface area contributed by atoms with Crippen LogP contribution in [0.2, 0.25) is 0 Å². The highest BCUT2D eigenvalue weighted by Gasteiger charge is 2.27. The van der Waals surface area contributed by atoms with Gasteiger partial charge in [0.05, 0.1) is 34.6 Å². The van der Waals surface area contributed by atoms with Crippen molar-refractivity contribution in [2.24, 2.45) is 0 Å². The number of pyridine rings is 1. The molecule has 0 saturated carbocycles. The Morgan fingerprint density at radius 2 is 1.92 bits per heavy atom. The Morgan fingerprint density at radius 1 is 1.20 bits per heavy atom. The molecule has 1 saturated heterocycles. The van der Waals surface area contributed by atoms with Crippen molar-refractivity contribution >= 4 is 49.7 Å². The summed E-state index contributed by atoms with van der Waals surface area (Å²) in [6.45, 7) is 0.307. The lowest BCUT2D eigenvalue weighted by Gasteiger charge is -2.27. The van der Waals surface area contributed by atoms with Gasteiger partial charge in [0.15, 0.2) is 9.84 Å². The normalized spacial score (nSPS) is 16.5. The summed E-state index contributed by atoms with van der Waals surface area (Å²) in [5.74, 6) is -0.819. The summed E-state index contributed by atoms with van der Waals surface area (Å²) in [4.78, 5) is 18.2. The summed E-state index contributed by atoms with van der Waals surface area (Å²) in [5.41, 5.74) is 0.942. The van der Waals surface area contributed by atoms with Gasteiger partial charge in [0.25, 0.3) is 5.91 Å². The van der Waals surface area contributed by atoms with Crippen LogP contribution in [0, 0.1) is 9.39 Å². The number of amides is 1. The molecular weight excluding hydrogens is 460 g/mol. The predicted octanol–water partition coefficient (Wildman–Crippen LogP) is 2.44. The van der Waals surface area contributed by atoms with E-state index in [0.717, 1.165) is 3.57 Å². The molecule has 1 N–H and O–H groups in total. The van der Waals surface area contributed by atoms with Gasteiger partial charge < -0.3 is 10.2 Å². The molecule has 3 rings (SSSR count). The Hall–Kier alpha value is -1.75. The van der Waals surface area contributed by atoms with Gasteiger partial charge in [0, 0.05) is 22.9 Å². The largest absolute Gasteiger partial charge is 0.351 e. The third-order valence-corrected chi connectivity index (χ3v) is 6.16. The fraction of sp³-hybridized carbons (Fsp3) is 0.250. The van der Waals surface area contributed by atoms with Crippen molar-refractivity contribution in [2.75, 3.05) is 29.9 Å². The van der Waals surface area contributed by atoms with Gasteiger partial charge in [-0.3, -0.25) is 9.78 Å². The van der Waals surface area contributed by atoms with Crippen LogP contribution in [0.3, 0.4) is 0 Å². The lowest BCUT2D eigenvalue weighted by atomic mass is 10.2. The number of nitrogens with zero attached hydrogens (tertiary/aromatic N) is 2. The minimum atomic E-state index is -3.07. The van der Waals surface area contributed by atoms with Crippen LogP contribution in [0.1, 0.15) is 10.4 Å². The fourth-order valence-corrected chi connectivity index (χ4v) is 4.16. The lowest BCUT2D eigenvalue weighted by molar-refractivity contribution is 0.0771. The maximum absolute atomic E-state index is 14.1. The van der Waals surface area contributed by atoms with Crippen LogP contribution >= 0.6 is 22.6 Å². The zero-order valence-corrected chi connectivity index (χ0v) is 16.0. The van der Waals surface area contributed by atoms with Gasteiger partial charge in [-0.2, -0.15) is 0 Å². The SMILES string of the molecule is O=C(c1ccncc1Nc1ccc(I)cc1F)N1CCS(=O)(=O)CC1. The summed E-state index contributed by atoms with van der Waals surface area (Å²) < 4.78 is 37.9. The van der Waals surface area contributed by atoms with E-state index >= 15 is 0 Å². The zero-order chi connectivity index (χ0) is 18.0. The molecule has 1 aliphatic heterocycles. The molecule has 9 heteroatoms. The number of benzene rings is 1. The molecule has 2 heterocycles. The molecule has 0 atom stereocenters. The van der Waals surface area contributed by atoms with Gasteiger partial charge in [-0.15, -0.1) is 0 Å². The summed E-state index contributed by atoms with van der Waals surface area (Å²) in [6, 6.07) is 6.26. The summed E-state index contributed by atoms with van der Waals surface area (Å²) in [6.07, 6.45) is 2.93. The van der Waals surface area contributed by atoms with Crippen LogP contribution in [0.5, 0.6) is 0 Å². The number of sulfone groups is 1. The first-order chi connectivity index (χ1) is 11.9. The number of aromatic nitrogens is 1. The maximum atomic E-state index is 14.1. The van der Waals surface area contributed by atoms with Gasteiger partial charge in [0.1, 0.15) is 5.82 Å². The Bertz CT molecular complexity index is 907. The molecule has 1 fully saturated rings. The summed E-state index contributed by atoms with van der Waals surface area (Å²) >= 11 is 2.01. The van der Waals surface area contributed by atoms with Crippen LogP contribution in [0.15, 0.2) is 36.7 Å². The van der Waals surface area contributed by atoms with Crippen molar-refractivity contribution in [3.63, 3.8) is 0 Å². The molecule has 1 amide bonds. The van der Waals surface area contributed by atoms with E-state index in [1.807, 2.05) is 22.6 Å². The van der Waals surface area contributed by atoms with Gasteiger partial charge in [0.2, 0.25) is 0 Å².